The molecule has 0 amide bonds. The lowest BCUT2D eigenvalue weighted by atomic mass is 10.7. The molecule has 0 heterocycles. The van der Waals surface area contributed by atoms with Crippen LogP contribution in [0, 0.1) is 0 Å². The summed E-state index contributed by atoms with van der Waals surface area (Å²) in [6, 6.07) is 0. The highest BCUT2D eigenvalue weighted by Crippen LogP contribution is 2.16. The topological polar surface area (TPSA) is 40.5 Å². The van der Waals surface area contributed by atoms with Gasteiger partial charge < -0.3 is 0 Å². The van der Waals surface area contributed by atoms with E-state index in [4.69, 9.17) is 4.55 Å². The fourth-order valence-electron chi connectivity index (χ4n) is 0.532. The predicted molar refractivity (Wildman–Crippen MR) is 49.4 cm³/mol. The van der Waals surface area contributed by atoms with Crippen molar-refractivity contribution < 1.29 is 8.76 Å². The van der Waals surface area contributed by atoms with Gasteiger partial charge in [-0.25, -0.2) is 4.21 Å². The molecule has 0 rings (SSSR count). The Balaban J connectivity index is 4.12. The summed E-state index contributed by atoms with van der Waals surface area (Å²) >= 11 is 4.45. The number of hydrogen-bond donors (Lipinski definition) is 1. The highest BCUT2D eigenvalue weighted by atomic mass is 79.9. The fraction of sp³-hybridized carbons (Fsp3) is 1.00. The second-order valence-corrected chi connectivity index (χ2v) is 5.27. The molecule has 0 radical (unpaired) electrons. The van der Waals surface area contributed by atoms with Gasteiger partial charge in [-0.2, -0.15) is 4.31 Å². The molecule has 0 aliphatic carbocycles. The Morgan fingerprint density at radius 2 is 1.70 bits per heavy atom. The maximum Gasteiger partial charge on any atom is 0.236 e. The lowest BCUT2D eigenvalue weighted by molar-refractivity contribution is 0.395. The SMILES string of the molecule is CC(Br)N(C(C)Br)S(=O)O. The van der Waals surface area contributed by atoms with Gasteiger partial charge in [0.1, 0.15) is 0 Å². The van der Waals surface area contributed by atoms with E-state index >= 15 is 0 Å². The van der Waals surface area contributed by atoms with Crippen LogP contribution in [0.3, 0.4) is 0 Å². The molecular weight excluding hydrogens is 286 g/mol. The Morgan fingerprint density at radius 3 is 1.70 bits per heavy atom. The van der Waals surface area contributed by atoms with Crippen molar-refractivity contribution in [1.29, 1.82) is 0 Å². The van der Waals surface area contributed by atoms with Gasteiger partial charge in [0, 0.05) is 0 Å². The van der Waals surface area contributed by atoms with Crippen molar-refractivity contribution in [2.75, 3.05) is 0 Å². The molecule has 0 fully saturated rings. The first-order valence-electron chi connectivity index (χ1n) is 2.64. The van der Waals surface area contributed by atoms with Crippen molar-refractivity contribution in [2.45, 2.75) is 23.7 Å². The van der Waals surface area contributed by atoms with Gasteiger partial charge in [-0.3, -0.25) is 4.55 Å². The average molecular weight is 295 g/mol. The van der Waals surface area contributed by atoms with Gasteiger partial charge in [-0.05, 0) is 13.8 Å². The van der Waals surface area contributed by atoms with Crippen LogP contribution in [0.4, 0.5) is 0 Å². The first-order valence-corrected chi connectivity index (χ1v) is 5.53. The molecular formula is C4H9Br2NO2S. The zero-order chi connectivity index (χ0) is 8.31. The van der Waals surface area contributed by atoms with Crippen LogP contribution < -0.4 is 0 Å². The third-order valence-corrected chi connectivity index (χ3v) is 3.30. The third-order valence-electron chi connectivity index (χ3n) is 0.882. The van der Waals surface area contributed by atoms with Crippen molar-refractivity contribution in [3.8, 4) is 0 Å². The number of alkyl halides is 2. The van der Waals surface area contributed by atoms with E-state index in [0.717, 1.165) is 0 Å². The Bertz CT molecular complexity index is 122. The van der Waals surface area contributed by atoms with Crippen LogP contribution in [0.25, 0.3) is 0 Å². The molecule has 62 valence electrons. The summed E-state index contributed by atoms with van der Waals surface area (Å²) in [4.78, 5) is -0.236. The normalized spacial score (nSPS) is 20.6. The summed E-state index contributed by atoms with van der Waals surface area (Å²) in [5.74, 6) is 0. The van der Waals surface area contributed by atoms with Crippen LogP contribution >= 0.6 is 31.9 Å². The van der Waals surface area contributed by atoms with Gasteiger partial charge in [0.15, 0.2) is 0 Å². The molecule has 0 aromatic heterocycles. The quantitative estimate of drug-likeness (QED) is 0.491. The molecule has 6 heteroatoms. The molecule has 3 atom stereocenters. The van der Waals surface area contributed by atoms with Gasteiger partial charge in [-0.1, -0.05) is 31.9 Å². The van der Waals surface area contributed by atoms with Crippen molar-refractivity contribution >= 4 is 43.1 Å². The highest BCUT2D eigenvalue weighted by Gasteiger charge is 2.20. The van der Waals surface area contributed by atoms with Crippen LogP contribution in [0.15, 0.2) is 0 Å². The minimum atomic E-state index is -1.92. The highest BCUT2D eigenvalue weighted by molar-refractivity contribution is 9.10. The lowest BCUT2D eigenvalue weighted by Gasteiger charge is -2.22. The molecule has 0 bridgehead atoms. The van der Waals surface area contributed by atoms with E-state index in [1.165, 1.54) is 4.31 Å². The van der Waals surface area contributed by atoms with Gasteiger partial charge >= 0.3 is 0 Å². The number of hydrogen-bond acceptors (Lipinski definition) is 1. The van der Waals surface area contributed by atoms with Crippen LogP contribution in [-0.2, 0) is 11.3 Å². The summed E-state index contributed by atoms with van der Waals surface area (Å²) in [5.41, 5.74) is 0. The largest absolute Gasteiger partial charge is 0.294 e. The number of rotatable bonds is 3. The molecule has 0 aromatic carbocycles. The molecule has 0 aromatic rings. The molecule has 0 aliphatic heterocycles. The number of nitrogens with zero attached hydrogens (tertiary/aromatic N) is 1. The summed E-state index contributed by atoms with van der Waals surface area (Å²) in [6.45, 7) is 3.57. The van der Waals surface area contributed by atoms with E-state index < -0.39 is 11.3 Å². The summed E-state index contributed by atoms with van der Waals surface area (Å²) in [6.07, 6.45) is 0. The zero-order valence-electron chi connectivity index (χ0n) is 5.62. The minimum absolute atomic E-state index is 0.118. The van der Waals surface area contributed by atoms with Crippen LogP contribution in [-0.4, -0.2) is 23.0 Å². The molecule has 3 unspecified atom stereocenters. The Labute approximate surface area is 79.8 Å². The minimum Gasteiger partial charge on any atom is -0.294 e. The van der Waals surface area contributed by atoms with Crippen molar-refractivity contribution in [2.24, 2.45) is 0 Å². The van der Waals surface area contributed by atoms with E-state index in [2.05, 4.69) is 31.9 Å². The van der Waals surface area contributed by atoms with E-state index in [-0.39, 0.29) is 9.90 Å². The van der Waals surface area contributed by atoms with Crippen LogP contribution in [0.5, 0.6) is 0 Å². The molecule has 0 spiro atoms. The second-order valence-electron chi connectivity index (χ2n) is 1.74. The Kier molecular flexibility index (Phi) is 5.31. The lowest BCUT2D eigenvalue weighted by Crippen LogP contribution is -2.34. The summed E-state index contributed by atoms with van der Waals surface area (Å²) in [5, 5.41) is 0. The van der Waals surface area contributed by atoms with Crippen LogP contribution in [0.1, 0.15) is 13.8 Å². The summed E-state index contributed by atoms with van der Waals surface area (Å²) in [7, 11) is 0. The monoisotopic (exact) mass is 293 g/mol. The smallest absolute Gasteiger partial charge is 0.236 e. The van der Waals surface area contributed by atoms with Gasteiger partial charge in [0.05, 0.1) is 9.90 Å². The summed E-state index contributed by atoms with van der Waals surface area (Å²) < 4.78 is 20.6. The molecule has 10 heavy (non-hydrogen) atoms. The van der Waals surface area contributed by atoms with Gasteiger partial charge in [0.25, 0.3) is 0 Å². The third kappa shape index (κ3) is 3.43. The Morgan fingerprint density at radius 1 is 1.40 bits per heavy atom. The van der Waals surface area contributed by atoms with E-state index in [1.807, 2.05) is 0 Å². The average Bonchev–Trinajstić information content (AvgIpc) is 1.59. The first kappa shape index (κ1) is 11.0. The van der Waals surface area contributed by atoms with Gasteiger partial charge in [-0.15, -0.1) is 0 Å². The second kappa shape index (κ2) is 4.82. The molecule has 0 saturated carbocycles. The Hall–Kier alpha value is 1.03. The van der Waals surface area contributed by atoms with Crippen LogP contribution in [0.2, 0.25) is 0 Å². The number of halogens is 2. The van der Waals surface area contributed by atoms with Crippen molar-refractivity contribution in [3.63, 3.8) is 0 Å². The molecule has 3 nitrogen and oxygen atoms in total. The predicted octanol–water partition coefficient (Wildman–Crippen LogP) is 1.91. The van der Waals surface area contributed by atoms with Gasteiger partial charge in [0.2, 0.25) is 11.3 Å². The van der Waals surface area contributed by atoms with Crippen molar-refractivity contribution in [3.05, 3.63) is 0 Å². The van der Waals surface area contributed by atoms with Crippen molar-refractivity contribution in [1.82, 2.24) is 4.31 Å². The zero-order valence-corrected chi connectivity index (χ0v) is 9.61. The molecule has 0 saturated heterocycles. The fourth-order valence-corrected chi connectivity index (χ4v) is 2.91. The maximum absolute atomic E-state index is 10.6. The first-order chi connectivity index (χ1) is 4.46. The molecule has 1 N–H and O–H groups in total. The van der Waals surface area contributed by atoms with E-state index in [9.17, 15) is 4.21 Å². The molecule has 0 aliphatic rings. The van der Waals surface area contributed by atoms with E-state index in [1.54, 1.807) is 13.8 Å². The standard InChI is InChI=1S/C4H9Br2NO2S/c1-3(5)7(4(2)6)10(8)9/h3-4H,1-2H3,(H,8,9). The maximum atomic E-state index is 10.6. The van der Waals surface area contributed by atoms with E-state index in [0.29, 0.717) is 0 Å².